The van der Waals surface area contributed by atoms with Crippen molar-refractivity contribution in [3.05, 3.63) is 11.6 Å². The molecule has 1 heterocycles. The molecule has 1 radical (unpaired) electrons. The smallest absolute Gasteiger partial charge is 0.188 e. The van der Waals surface area contributed by atoms with Gasteiger partial charge in [0.05, 0.1) is 0 Å². The summed E-state index contributed by atoms with van der Waals surface area (Å²) in [6.07, 6.45) is 1.81. The van der Waals surface area contributed by atoms with Crippen molar-refractivity contribution in [2.45, 2.75) is 6.82 Å². The highest BCUT2D eigenvalue weighted by Gasteiger charge is 1.86. The Morgan fingerprint density at radius 2 is 2.71 bits per heavy atom. The van der Waals surface area contributed by atoms with E-state index in [4.69, 9.17) is 0 Å². The van der Waals surface area contributed by atoms with Crippen molar-refractivity contribution in [1.29, 1.82) is 0 Å². The molecule has 0 saturated carbocycles. The predicted molar refractivity (Wildman–Crippen MR) is 33.4 cm³/mol. The SMILES string of the molecule is C[B]c1nccs1. The lowest BCUT2D eigenvalue weighted by Crippen LogP contribution is -2.06. The zero-order valence-electron chi connectivity index (χ0n) is 4.09. The summed E-state index contributed by atoms with van der Waals surface area (Å²) in [7, 11) is 1.99. The minimum atomic E-state index is 1.10. The summed E-state index contributed by atoms with van der Waals surface area (Å²) in [5.74, 6) is 0. The number of hydrogen-bond donors (Lipinski definition) is 0. The second-order valence-electron chi connectivity index (χ2n) is 1.16. The minimum Gasteiger partial charge on any atom is -0.261 e. The average Bonchev–Trinajstić information content (AvgIpc) is 2.14. The van der Waals surface area contributed by atoms with Crippen LogP contribution in [-0.2, 0) is 0 Å². The van der Waals surface area contributed by atoms with E-state index in [-0.39, 0.29) is 0 Å². The van der Waals surface area contributed by atoms with Crippen molar-refractivity contribution in [1.82, 2.24) is 4.98 Å². The van der Waals surface area contributed by atoms with Gasteiger partial charge in [0.1, 0.15) is 0 Å². The van der Waals surface area contributed by atoms with Crippen LogP contribution in [0.4, 0.5) is 0 Å². The number of thiazole rings is 1. The Kier molecular flexibility index (Phi) is 1.47. The molecule has 0 fully saturated rings. The molecule has 0 amide bonds. The van der Waals surface area contributed by atoms with Crippen molar-refractivity contribution in [2.24, 2.45) is 0 Å². The van der Waals surface area contributed by atoms with Crippen LogP contribution in [0.15, 0.2) is 11.6 Å². The van der Waals surface area contributed by atoms with Gasteiger partial charge < -0.3 is 0 Å². The Labute approximate surface area is 47.6 Å². The van der Waals surface area contributed by atoms with Gasteiger partial charge in [0, 0.05) is 16.5 Å². The van der Waals surface area contributed by atoms with E-state index < -0.39 is 0 Å². The molecule has 0 aromatic carbocycles. The Balaban J connectivity index is 2.76. The fourth-order valence-electron chi connectivity index (χ4n) is 0.377. The highest BCUT2D eigenvalue weighted by Crippen LogP contribution is 1.84. The number of hydrogen-bond acceptors (Lipinski definition) is 2. The molecule has 0 atom stereocenters. The van der Waals surface area contributed by atoms with Crippen molar-refractivity contribution in [2.75, 3.05) is 0 Å². The molecule has 35 valence electrons. The summed E-state index contributed by atoms with van der Waals surface area (Å²) in [5, 5.41) is 1.97. The van der Waals surface area contributed by atoms with Crippen LogP contribution in [0.25, 0.3) is 0 Å². The minimum absolute atomic E-state index is 1.10. The maximum absolute atomic E-state index is 4.00. The maximum Gasteiger partial charge on any atom is 0.188 e. The third-order valence-electron chi connectivity index (χ3n) is 0.698. The molecular weight excluding hydrogens is 105 g/mol. The first-order valence-electron chi connectivity index (χ1n) is 2.12. The van der Waals surface area contributed by atoms with Gasteiger partial charge in [-0.1, -0.05) is 6.82 Å². The van der Waals surface area contributed by atoms with E-state index in [9.17, 15) is 0 Å². The molecule has 7 heavy (non-hydrogen) atoms. The summed E-state index contributed by atoms with van der Waals surface area (Å²) in [6, 6.07) is 0. The van der Waals surface area contributed by atoms with Crippen LogP contribution in [0.1, 0.15) is 0 Å². The number of nitrogens with zero attached hydrogens (tertiary/aromatic N) is 1. The first kappa shape index (κ1) is 4.84. The Bertz CT molecular complexity index is 126. The van der Waals surface area contributed by atoms with E-state index in [1.807, 2.05) is 19.5 Å². The summed E-state index contributed by atoms with van der Waals surface area (Å²) < 4.78 is 0. The molecule has 0 N–H and O–H groups in total. The van der Waals surface area contributed by atoms with E-state index in [1.165, 1.54) is 0 Å². The molecule has 0 aliphatic heterocycles. The van der Waals surface area contributed by atoms with E-state index in [0.717, 1.165) is 4.91 Å². The maximum atomic E-state index is 4.00. The molecule has 1 nitrogen and oxygen atoms in total. The third kappa shape index (κ3) is 1.03. The van der Waals surface area contributed by atoms with Crippen LogP contribution in [0.2, 0.25) is 6.82 Å². The topological polar surface area (TPSA) is 12.9 Å². The Morgan fingerprint density at radius 3 is 3.00 bits per heavy atom. The van der Waals surface area contributed by atoms with E-state index in [0.29, 0.717) is 0 Å². The van der Waals surface area contributed by atoms with Crippen molar-refractivity contribution < 1.29 is 0 Å². The van der Waals surface area contributed by atoms with Gasteiger partial charge in [-0.25, -0.2) is 0 Å². The van der Waals surface area contributed by atoms with Crippen molar-refractivity contribution in [3.8, 4) is 0 Å². The van der Waals surface area contributed by atoms with Crippen LogP contribution in [0.5, 0.6) is 0 Å². The van der Waals surface area contributed by atoms with Gasteiger partial charge in [0.25, 0.3) is 0 Å². The number of aromatic nitrogens is 1. The zero-order valence-corrected chi connectivity index (χ0v) is 4.90. The van der Waals surface area contributed by atoms with Crippen LogP contribution < -0.4 is 4.91 Å². The average molecular weight is 110 g/mol. The molecule has 3 heteroatoms. The molecule has 1 aromatic heterocycles. The van der Waals surface area contributed by atoms with E-state index in [1.54, 1.807) is 17.5 Å². The fraction of sp³-hybridized carbons (Fsp3) is 0.250. The molecule has 0 aliphatic carbocycles. The van der Waals surface area contributed by atoms with Gasteiger partial charge in [-0.05, 0) is 0 Å². The normalized spacial score (nSPS) is 8.71. The van der Waals surface area contributed by atoms with E-state index >= 15 is 0 Å². The van der Waals surface area contributed by atoms with Crippen LogP contribution in [-0.4, -0.2) is 12.3 Å². The first-order valence-corrected chi connectivity index (χ1v) is 3.00. The predicted octanol–water partition coefficient (Wildman–Crippen LogP) is 0.521. The lowest BCUT2D eigenvalue weighted by atomic mass is 9.84. The largest absolute Gasteiger partial charge is 0.261 e. The summed E-state index contributed by atoms with van der Waals surface area (Å²) in [6.45, 7) is 1.98. The van der Waals surface area contributed by atoms with Gasteiger partial charge in [0.15, 0.2) is 7.28 Å². The molecule has 1 rings (SSSR count). The molecule has 0 unspecified atom stereocenters. The quantitative estimate of drug-likeness (QED) is 0.480. The second-order valence-corrected chi connectivity index (χ2v) is 2.09. The van der Waals surface area contributed by atoms with E-state index in [2.05, 4.69) is 4.98 Å². The van der Waals surface area contributed by atoms with Gasteiger partial charge >= 0.3 is 0 Å². The lowest BCUT2D eigenvalue weighted by Gasteiger charge is -1.74. The summed E-state index contributed by atoms with van der Waals surface area (Å²) in [4.78, 5) is 5.09. The molecule has 0 spiro atoms. The molecule has 0 aliphatic rings. The fourth-order valence-corrected chi connectivity index (χ4v) is 0.896. The highest BCUT2D eigenvalue weighted by molar-refractivity contribution is 7.19. The van der Waals surface area contributed by atoms with Gasteiger partial charge in [-0.3, -0.25) is 4.98 Å². The van der Waals surface area contributed by atoms with Gasteiger partial charge in [-0.2, -0.15) is 0 Å². The summed E-state index contributed by atoms with van der Waals surface area (Å²) in [5.41, 5.74) is 0. The number of rotatable bonds is 1. The van der Waals surface area contributed by atoms with Crippen molar-refractivity contribution >= 4 is 23.5 Å². The molecular formula is C4H5BNS. The first-order chi connectivity index (χ1) is 3.43. The highest BCUT2D eigenvalue weighted by atomic mass is 32.1. The monoisotopic (exact) mass is 110 g/mol. The molecule has 0 bridgehead atoms. The Morgan fingerprint density at radius 1 is 1.86 bits per heavy atom. The second kappa shape index (κ2) is 2.12. The van der Waals surface area contributed by atoms with Crippen LogP contribution in [0, 0.1) is 0 Å². The van der Waals surface area contributed by atoms with Gasteiger partial charge in [-0.15, -0.1) is 11.3 Å². The molecule has 1 aromatic rings. The summed E-state index contributed by atoms with van der Waals surface area (Å²) >= 11 is 1.66. The molecule has 0 saturated heterocycles. The standard InChI is InChI=1S/C4H5BNS/c1-5-4-6-2-3-7-4/h2-3H,1H3. The van der Waals surface area contributed by atoms with Crippen LogP contribution >= 0.6 is 11.3 Å². The third-order valence-corrected chi connectivity index (χ3v) is 1.54. The zero-order chi connectivity index (χ0) is 5.11. The van der Waals surface area contributed by atoms with Crippen LogP contribution in [0.3, 0.4) is 0 Å². The lowest BCUT2D eigenvalue weighted by molar-refractivity contribution is 1.47. The van der Waals surface area contributed by atoms with Gasteiger partial charge in [0.2, 0.25) is 0 Å². The Hall–Kier alpha value is -0.305. The van der Waals surface area contributed by atoms with Crippen molar-refractivity contribution in [3.63, 3.8) is 0 Å².